The molecule has 0 aliphatic rings. The highest BCUT2D eigenvalue weighted by Gasteiger charge is 2.20. The number of esters is 1. The second kappa shape index (κ2) is 6.16. The zero-order valence-electron chi connectivity index (χ0n) is 11.0. The van der Waals surface area contributed by atoms with Crippen LogP contribution in [0, 0.1) is 6.92 Å². The lowest BCUT2D eigenvalue weighted by Crippen LogP contribution is -2.05. The summed E-state index contributed by atoms with van der Waals surface area (Å²) in [6.45, 7) is 3.98. The normalized spacial score (nSPS) is 10.6. The third kappa shape index (κ3) is 2.85. The molecule has 106 valence electrons. The first-order valence-electron chi connectivity index (χ1n) is 5.97. The molecule has 1 aromatic heterocycles. The number of thiophene rings is 1. The molecule has 2 aromatic rings. The van der Waals surface area contributed by atoms with Crippen LogP contribution >= 0.6 is 38.9 Å². The Labute approximate surface area is 134 Å². The minimum Gasteiger partial charge on any atom is -0.462 e. The Morgan fingerprint density at radius 3 is 2.80 bits per heavy atom. The van der Waals surface area contributed by atoms with E-state index in [0.717, 1.165) is 20.5 Å². The van der Waals surface area contributed by atoms with Gasteiger partial charge in [0.25, 0.3) is 0 Å². The molecule has 0 aliphatic heterocycles. The van der Waals surface area contributed by atoms with Crippen molar-refractivity contribution in [2.45, 2.75) is 13.8 Å². The van der Waals surface area contributed by atoms with Gasteiger partial charge >= 0.3 is 5.97 Å². The Morgan fingerprint density at radius 1 is 1.50 bits per heavy atom. The highest BCUT2D eigenvalue weighted by Crippen LogP contribution is 2.40. The Bertz CT molecular complexity index is 669. The van der Waals surface area contributed by atoms with E-state index < -0.39 is 0 Å². The molecular weight excluding hydrogens is 362 g/mol. The third-order valence-corrected chi connectivity index (χ3v) is 5.41. The SMILES string of the molecule is CCOC(=O)c1sc(-c2ccc(Br)c(Cl)c2)c(C)c1N. The summed E-state index contributed by atoms with van der Waals surface area (Å²) in [6, 6.07) is 5.65. The minimum absolute atomic E-state index is 0.328. The molecule has 0 saturated heterocycles. The summed E-state index contributed by atoms with van der Waals surface area (Å²) in [4.78, 5) is 13.2. The number of hydrogen-bond donors (Lipinski definition) is 1. The van der Waals surface area contributed by atoms with Gasteiger partial charge in [-0.2, -0.15) is 0 Å². The molecule has 0 fully saturated rings. The molecule has 0 unspecified atom stereocenters. The molecule has 0 atom stereocenters. The van der Waals surface area contributed by atoms with Gasteiger partial charge in [0.2, 0.25) is 0 Å². The number of nitrogen functional groups attached to an aromatic ring is 1. The molecule has 0 bridgehead atoms. The summed E-state index contributed by atoms with van der Waals surface area (Å²) in [6.07, 6.45) is 0. The number of hydrogen-bond acceptors (Lipinski definition) is 4. The average molecular weight is 375 g/mol. The molecule has 0 radical (unpaired) electrons. The molecule has 0 amide bonds. The summed E-state index contributed by atoms with van der Waals surface area (Å²) >= 11 is 10.8. The fraction of sp³-hybridized carbons (Fsp3) is 0.214. The van der Waals surface area contributed by atoms with Crippen molar-refractivity contribution in [3.05, 3.63) is 38.1 Å². The molecule has 1 aromatic carbocycles. The van der Waals surface area contributed by atoms with E-state index in [1.165, 1.54) is 11.3 Å². The fourth-order valence-corrected chi connectivity index (χ4v) is 3.33. The van der Waals surface area contributed by atoms with Crippen LogP contribution in [0.5, 0.6) is 0 Å². The van der Waals surface area contributed by atoms with Crippen molar-refractivity contribution >= 4 is 50.5 Å². The summed E-state index contributed by atoms with van der Waals surface area (Å²) in [5, 5.41) is 0.617. The van der Waals surface area contributed by atoms with Gasteiger partial charge in [0, 0.05) is 9.35 Å². The zero-order chi connectivity index (χ0) is 14.9. The second-order valence-corrected chi connectivity index (χ2v) is 6.43. The number of anilines is 1. The van der Waals surface area contributed by atoms with Crippen molar-refractivity contribution in [3.8, 4) is 10.4 Å². The summed E-state index contributed by atoms with van der Waals surface area (Å²) in [7, 11) is 0. The van der Waals surface area contributed by atoms with E-state index in [4.69, 9.17) is 22.1 Å². The van der Waals surface area contributed by atoms with E-state index in [1.54, 1.807) is 6.92 Å². The lowest BCUT2D eigenvalue weighted by atomic mass is 10.1. The van der Waals surface area contributed by atoms with Crippen molar-refractivity contribution in [3.63, 3.8) is 0 Å². The molecule has 0 aliphatic carbocycles. The highest BCUT2D eigenvalue weighted by atomic mass is 79.9. The van der Waals surface area contributed by atoms with Gasteiger partial charge in [0.15, 0.2) is 0 Å². The van der Waals surface area contributed by atoms with E-state index >= 15 is 0 Å². The molecule has 1 heterocycles. The topological polar surface area (TPSA) is 52.3 Å². The first kappa shape index (κ1) is 15.4. The standard InChI is InChI=1S/C14H13BrClNO2S/c1-3-19-14(18)13-11(17)7(2)12(20-13)8-4-5-9(15)10(16)6-8/h4-6H,3,17H2,1-2H3. The first-order valence-corrected chi connectivity index (χ1v) is 7.95. The number of rotatable bonds is 3. The van der Waals surface area contributed by atoms with Gasteiger partial charge in [-0.3, -0.25) is 0 Å². The lowest BCUT2D eigenvalue weighted by molar-refractivity contribution is 0.0533. The van der Waals surface area contributed by atoms with Gasteiger partial charge in [0.05, 0.1) is 17.3 Å². The number of ether oxygens (including phenoxy) is 1. The van der Waals surface area contributed by atoms with Crippen molar-refractivity contribution in [2.75, 3.05) is 12.3 Å². The van der Waals surface area contributed by atoms with Crippen LogP contribution in [0.1, 0.15) is 22.2 Å². The first-order chi connectivity index (χ1) is 9.45. The van der Waals surface area contributed by atoms with Gasteiger partial charge in [0.1, 0.15) is 4.88 Å². The Morgan fingerprint density at radius 2 is 2.20 bits per heavy atom. The van der Waals surface area contributed by atoms with Gasteiger partial charge in [-0.25, -0.2) is 4.79 Å². The van der Waals surface area contributed by atoms with E-state index in [-0.39, 0.29) is 5.97 Å². The van der Waals surface area contributed by atoms with Gasteiger partial charge in [-0.05, 0) is 53.0 Å². The molecule has 0 saturated carbocycles. The summed E-state index contributed by atoms with van der Waals surface area (Å²) in [5.74, 6) is -0.382. The number of carbonyl (C=O) groups is 1. The average Bonchev–Trinajstić information content (AvgIpc) is 2.70. The fourth-order valence-electron chi connectivity index (χ4n) is 1.79. The Kier molecular flexibility index (Phi) is 4.73. The maximum Gasteiger partial charge on any atom is 0.350 e. The predicted octanol–water partition coefficient (Wildman–Crippen LogP) is 4.90. The van der Waals surface area contributed by atoms with Crippen molar-refractivity contribution in [1.29, 1.82) is 0 Å². The molecule has 2 rings (SSSR count). The van der Waals surface area contributed by atoms with E-state index in [0.29, 0.717) is 22.2 Å². The van der Waals surface area contributed by atoms with E-state index in [2.05, 4.69) is 15.9 Å². The van der Waals surface area contributed by atoms with Crippen molar-refractivity contribution in [1.82, 2.24) is 0 Å². The van der Waals surface area contributed by atoms with Crippen LogP contribution in [-0.2, 0) is 4.74 Å². The van der Waals surface area contributed by atoms with E-state index in [9.17, 15) is 4.79 Å². The van der Waals surface area contributed by atoms with Crippen LogP contribution < -0.4 is 5.73 Å². The van der Waals surface area contributed by atoms with Crippen LogP contribution in [0.15, 0.2) is 22.7 Å². The van der Waals surface area contributed by atoms with E-state index in [1.807, 2.05) is 25.1 Å². The van der Waals surface area contributed by atoms with Crippen molar-refractivity contribution < 1.29 is 9.53 Å². The zero-order valence-corrected chi connectivity index (χ0v) is 14.2. The predicted molar refractivity (Wildman–Crippen MR) is 87.6 cm³/mol. The smallest absolute Gasteiger partial charge is 0.350 e. The van der Waals surface area contributed by atoms with Crippen LogP contribution in [0.4, 0.5) is 5.69 Å². The maximum atomic E-state index is 11.9. The molecule has 3 nitrogen and oxygen atoms in total. The van der Waals surface area contributed by atoms with Gasteiger partial charge in [-0.15, -0.1) is 11.3 Å². The van der Waals surface area contributed by atoms with Crippen LogP contribution in [-0.4, -0.2) is 12.6 Å². The number of benzene rings is 1. The van der Waals surface area contributed by atoms with Crippen LogP contribution in [0.25, 0.3) is 10.4 Å². The van der Waals surface area contributed by atoms with Crippen LogP contribution in [0.2, 0.25) is 5.02 Å². The number of nitrogens with two attached hydrogens (primary N) is 1. The number of halogens is 2. The molecule has 0 spiro atoms. The molecule has 20 heavy (non-hydrogen) atoms. The number of carbonyl (C=O) groups excluding carboxylic acids is 1. The highest BCUT2D eigenvalue weighted by molar-refractivity contribution is 9.10. The molecule has 2 N–H and O–H groups in total. The minimum atomic E-state index is -0.382. The summed E-state index contributed by atoms with van der Waals surface area (Å²) < 4.78 is 5.84. The quantitative estimate of drug-likeness (QED) is 0.778. The van der Waals surface area contributed by atoms with Gasteiger partial charge < -0.3 is 10.5 Å². The Hall–Kier alpha value is -1.04. The van der Waals surface area contributed by atoms with Crippen LogP contribution in [0.3, 0.4) is 0 Å². The molecule has 6 heteroatoms. The maximum absolute atomic E-state index is 11.9. The Balaban J connectivity index is 2.50. The molecular formula is C14H13BrClNO2S. The third-order valence-electron chi connectivity index (χ3n) is 2.84. The summed E-state index contributed by atoms with van der Waals surface area (Å²) in [5.41, 5.74) is 8.29. The van der Waals surface area contributed by atoms with Gasteiger partial charge in [-0.1, -0.05) is 17.7 Å². The monoisotopic (exact) mass is 373 g/mol. The lowest BCUT2D eigenvalue weighted by Gasteiger charge is -2.02. The largest absolute Gasteiger partial charge is 0.462 e. The second-order valence-electron chi connectivity index (χ2n) is 4.15. The van der Waals surface area contributed by atoms with Crippen molar-refractivity contribution in [2.24, 2.45) is 0 Å².